The Balaban J connectivity index is 1.87. The Hall–Kier alpha value is -1.28. The lowest BCUT2D eigenvalue weighted by molar-refractivity contribution is -0.154. The minimum atomic E-state index is -0.564. The number of nitrogens with zero attached hydrogens (tertiary/aromatic N) is 1. The number of thioether (sulfide) groups is 1. The van der Waals surface area contributed by atoms with Gasteiger partial charge < -0.3 is 20.1 Å². The summed E-state index contributed by atoms with van der Waals surface area (Å²) in [6.07, 6.45) is 6.11. The number of carbonyl (C=O) groups excluding carboxylic acids is 3. The molecule has 3 saturated heterocycles. The monoisotopic (exact) mass is 454 g/mol. The van der Waals surface area contributed by atoms with Crippen molar-refractivity contribution < 1.29 is 24.2 Å². The summed E-state index contributed by atoms with van der Waals surface area (Å²) < 4.78 is 4.79. The number of esters is 1. The van der Waals surface area contributed by atoms with E-state index in [4.69, 9.17) is 9.84 Å². The first-order valence-electron chi connectivity index (χ1n) is 12.0. The van der Waals surface area contributed by atoms with Crippen LogP contribution in [0.3, 0.4) is 0 Å². The van der Waals surface area contributed by atoms with Crippen molar-refractivity contribution in [3.8, 4) is 0 Å². The lowest BCUT2D eigenvalue weighted by Gasteiger charge is -2.38. The first-order chi connectivity index (χ1) is 14.9. The Labute approximate surface area is 190 Å². The number of unbranched alkanes of at least 4 members (excludes halogenated alkanes) is 4. The Morgan fingerprint density at radius 2 is 2.00 bits per heavy atom. The molecule has 2 amide bonds. The summed E-state index contributed by atoms with van der Waals surface area (Å²) in [5.41, 5.74) is 0. The molecule has 0 aromatic rings. The molecule has 0 aliphatic carbocycles. The fourth-order valence-electron chi connectivity index (χ4n) is 5.82. The van der Waals surface area contributed by atoms with Crippen LogP contribution in [-0.2, 0) is 19.1 Å². The van der Waals surface area contributed by atoms with Gasteiger partial charge in [-0.25, -0.2) is 0 Å². The Morgan fingerprint density at radius 1 is 1.23 bits per heavy atom. The van der Waals surface area contributed by atoms with Gasteiger partial charge in [0.2, 0.25) is 11.8 Å². The van der Waals surface area contributed by atoms with Gasteiger partial charge in [-0.3, -0.25) is 14.4 Å². The van der Waals surface area contributed by atoms with Crippen LogP contribution < -0.4 is 5.32 Å². The van der Waals surface area contributed by atoms with Crippen LogP contribution in [0.2, 0.25) is 0 Å². The van der Waals surface area contributed by atoms with Gasteiger partial charge in [0, 0.05) is 24.9 Å². The van der Waals surface area contributed by atoms with E-state index in [1.807, 2.05) is 0 Å². The zero-order valence-electron chi connectivity index (χ0n) is 19.1. The SMILES string of the molecule is CCCCCNC(=O)C1N(CCCCCO)C(=O)[C@@H]2[C@@H](C(=O)OCC)[C@H]3CC(C)C12S3. The van der Waals surface area contributed by atoms with Crippen LogP contribution in [0.25, 0.3) is 0 Å². The minimum absolute atomic E-state index is 0.0370. The minimum Gasteiger partial charge on any atom is -0.466 e. The number of carbonyl (C=O) groups is 3. The number of fused-ring (bicyclic) bond motifs is 1. The number of aliphatic hydroxyl groups is 1. The van der Waals surface area contributed by atoms with E-state index in [9.17, 15) is 14.4 Å². The lowest BCUT2D eigenvalue weighted by Crippen LogP contribution is -2.56. The van der Waals surface area contributed by atoms with Gasteiger partial charge in [-0.1, -0.05) is 26.7 Å². The standard InChI is InChI=1S/C23H38N2O5S/c1-4-6-8-11-24-20(27)19-23-15(3)14-16(31-23)17(22(29)30-5-2)18(23)21(28)25(19)12-9-7-10-13-26/h15-19,26H,4-14H2,1-3H3,(H,24,27)/t15?,16-,17+,18+,19?,23?/m1/s1. The second-order valence-corrected chi connectivity index (χ2v) is 10.7. The summed E-state index contributed by atoms with van der Waals surface area (Å²) in [4.78, 5) is 41.7. The highest BCUT2D eigenvalue weighted by molar-refractivity contribution is 8.02. The van der Waals surface area contributed by atoms with Gasteiger partial charge in [0.1, 0.15) is 6.04 Å². The number of likely N-dealkylation sites (tertiary alicyclic amines) is 1. The summed E-state index contributed by atoms with van der Waals surface area (Å²) in [6, 6.07) is -0.551. The third-order valence-electron chi connectivity index (χ3n) is 7.19. The van der Waals surface area contributed by atoms with E-state index in [1.165, 1.54) is 0 Å². The van der Waals surface area contributed by atoms with Gasteiger partial charge in [0.25, 0.3) is 0 Å². The van der Waals surface area contributed by atoms with E-state index in [1.54, 1.807) is 23.6 Å². The zero-order chi connectivity index (χ0) is 22.6. The second kappa shape index (κ2) is 10.6. The first-order valence-corrected chi connectivity index (χ1v) is 12.8. The van der Waals surface area contributed by atoms with Gasteiger partial charge in [0.05, 0.1) is 23.2 Å². The van der Waals surface area contributed by atoms with Crippen molar-refractivity contribution in [1.29, 1.82) is 0 Å². The van der Waals surface area contributed by atoms with Gasteiger partial charge in [-0.15, -0.1) is 11.8 Å². The van der Waals surface area contributed by atoms with Crippen molar-refractivity contribution in [2.45, 2.75) is 81.8 Å². The largest absolute Gasteiger partial charge is 0.466 e. The summed E-state index contributed by atoms with van der Waals surface area (Å²) in [5, 5.41) is 12.2. The molecule has 6 atom stereocenters. The van der Waals surface area contributed by atoms with Crippen molar-refractivity contribution in [2.75, 3.05) is 26.3 Å². The lowest BCUT2D eigenvalue weighted by atomic mass is 9.66. The molecular formula is C23H38N2O5S. The number of aliphatic hydroxyl groups excluding tert-OH is 1. The molecule has 3 rings (SSSR count). The maximum atomic E-state index is 13.7. The van der Waals surface area contributed by atoms with Crippen LogP contribution in [0, 0.1) is 17.8 Å². The molecule has 7 nitrogen and oxygen atoms in total. The highest BCUT2D eigenvalue weighted by Crippen LogP contribution is 2.68. The fraction of sp³-hybridized carbons (Fsp3) is 0.870. The van der Waals surface area contributed by atoms with E-state index in [-0.39, 0.29) is 35.6 Å². The molecule has 31 heavy (non-hydrogen) atoms. The predicted octanol–water partition coefficient (Wildman–Crippen LogP) is 2.36. The van der Waals surface area contributed by atoms with Gasteiger partial charge in [0.15, 0.2) is 0 Å². The fourth-order valence-corrected chi connectivity index (χ4v) is 8.23. The molecule has 3 aliphatic heterocycles. The summed E-state index contributed by atoms with van der Waals surface area (Å²) >= 11 is 1.69. The quantitative estimate of drug-likeness (QED) is 0.347. The molecular weight excluding hydrogens is 416 g/mol. The smallest absolute Gasteiger partial charge is 0.310 e. The summed E-state index contributed by atoms with van der Waals surface area (Å²) in [7, 11) is 0. The number of hydrogen-bond donors (Lipinski definition) is 2. The average molecular weight is 455 g/mol. The molecule has 3 fully saturated rings. The molecule has 2 bridgehead atoms. The van der Waals surface area contributed by atoms with Crippen molar-refractivity contribution >= 4 is 29.5 Å². The predicted molar refractivity (Wildman–Crippen MR) is 120 cm³/mol. The molecule has 8 heteroatoms. The van der Waals surface area contributed by atoms with Gasteiger partial charge >= 0.3 is 5.97 Å². The Morgan fingerprint density at radius 3 is 2.68 bits per heavy atom. The third-order valence-corrected chi connectivity index (χ3v) is 9.27. The number of ether oxygens (including phenoxy) is 1. The molecule has 0 radical (unpaired) electrons. The van der Waals surface area contributed by atoms with Crippen LogP contribution in [0.1, 0.15) is 65.7 Å². The van der Waals surface area contributed by atoms with Gasteiger partial charge in [-0.2, -0.15) is 0 Å². The third kappa shape index (κ3) is 4.34. The van der Waals surface area contributed by atoms with Crippen LogP contribution in [0.4, 0.5) is 0 Å². The summed E-state index contributed by atoms with van der Waals surface area (Å²) in [6.45, 7) is 7.55. The van der Waals surface area contributed by atoms with Crippen LogP contribution in [0.15, 0.2) is 0 Å². The van der Waals surface area contributed by atoms with Gasteiger partial charge in [-0.05, 0) is 44.9 Å². The maximum absolute atomic E-state index is 13.7. The average Bonchev–Trinajstić information content (AvgIpc) is 3.33. The molecule has 2 N–H and O–H groups in total. The molecule has 0 aromatic carbocycles. The van der Waals surface area contributed by atoms with E-state index < -0.39 is 22.6 Å². The topological polar surface area (TPSA) is 95.9 Å². The Bertz CT molecular complexity index is 674. The number of hydrogen-bond acceptors (Lipinski definition) is 6. The molecule has 176 valence electrons. The zero-order valence-corrected chi connectivity index (χ0v) is 19.9. The molecule has 3 aliphatic rings. The number of amides is 2. The molecule has 3 unspecified atom stereocenters. The normalized spacial score (nSPS) is 33.6. The number of nitrogens with one attached hydrogen (secondary N) is 1. The van der Waals surface area contributed by atoms with Crippen LogP contribution in [-0.4, -0.2) is 70.1 Å². The van der Waals surface area contributed by atoms with Crippen LogP contribution in [0.5, 0.6) is 0 Å². The molecule has 0 saturated carbocycles. The second-order valence-electron chi connectivity index (χ2n) is 9.12. The van der Waals surface area contributed by atoms with E-state index >= 15 is 0 Å². The van der Waals surface area contributed by atoms with E-state index in [0.717, 1.165) is 38.5 Å². The van der Waals surface area contributed by atoms with E-state index in [0.29, 0.717) is 26.1 Å². The first kappa shape index (κ1) is 24.4. The highest BCUT2D eigenvalue weighted by atomic mass is 32.2. The summed E-state index contributed by atoms with van der Waals surface area (Å²) in [5.74, 6) is -1.23. The van der Waals surface area contributed by atoms with E-state index in [2.05, 4.69) is 19.2 Å². The molecule has 1 spiro atoms. The molecule has 3 heterocycles. The van der Waals surface area contributed by atoms with Crippen molar-refractivity contribution in [2.24, 2.45) is 17.8 Å². The maximum Gasteiger partial charge on any atom is 0.310 e. The Kier molecular flexibility index (Phi) is 8.30. The van der Waals surface area contributed by atoms with Crippen molar-refractivity contribution in [1.82, 2.24) is 10.2 Å². The molecule has 0 aromatic heterocycles. The van der Waals surface area contributed by atoms with Crippen LogP contribution >= 0.6 is 11.8 Å². The van der Waals surface area contributed by atoms with Crippen molar-refractivity contribution in [3.63, 3.8) is 0 Å². The van der Waals surface area contributed by atoms with Crippen molar-refractivity contribution in [3.05, 3.63) is 0 Å². The highest BCUT2D eigenvalue weighted by Gasteiger charge is 2.76. The number of rotatable bonds is 12.